The smallest absolute Gasteiger partial charge is 0.280 e. The van der Waals surface area contributed by atoms with Crippen molar-refractivity contribution in [2.75, 3.05) is 0 Å². The Kier molecular flexibility index (Phi) is 3.89. The number of carbonyl (C=O) groups excluding carboxylic acids is 1. The first kappa shape index (κ1) is 12.6. The third-order valence-corrected chi connectivity index (χ3v) is 3.59. The van der Waals surface area contributed by atoms with Crippen LogP contribution in [0.4, 0.5) is 0 Å². The summed E-state index contributed by atoms with van der Waals surface area (Å²) >= 11 is 18.5. The number of aromatic nitrogens is 1. The summed E-state index contributed by atoms with van der Waals surface area (Å²) in [4.78, 5) is 14.8. The SMILES string of the molecule is O=Cc1sc(Oc2cc(Cl)ccc2Cl)nc1Cl. The van der Waals surface area contributed by atoms with E-state index in [2.05, 4.69) is 4.98 Å². The first-order valence-electron chi connectivity index (χ1n) is 4.34. The number of rotatable bonds is 3. The molecule has 0 unspecified atom stereocenters. The predicted molar refractivity (Wildman–Crippen MR) is 69.0 cm³/mol. The Hall–Kier alpha value is -0.810. The van der Waals surface area contributed by atoms with E-state index in [0.29, 0.717) is 27.0 Å². The molecule has 17 heavy (non-hydrogen) atoms. The Bertz CT molecular complexity index is 571. The third kappa shape index (κ3) is 2.90. The monoisotopic (exact) mass is 307 g/mol. The summed E-state index contributed by atoms with van der Waals surface area (Å²) in [6, 6.07) is 4.80. The summed E-state index contributed by atoms with van der Waals surface area (Å²) in [5.74, 6) is 0.363. The van der Waals surface area contributed by atoms with E-state index in [1.54, 1.807) is 18.2 Å². The van der Waals surface area contributed by atoms with E-state index < -0.39 is 0 Å². The molecule has 1 heterocycles. The van der Waals surface area contributed by atoms with Crippen molar-refractivity contribution in [2.24, 2.45) is 0 Å². The van der Waals surface area contributed by atoms with Crippen molar-refractivity contribution in [3.05, 3.63) is 38.3 Å². The van der Waals surface area contributed by atoms with Crippen LogP contribution in [0.15, 0.2) is 18.2 Å². The molecule has 0 aliphatic rings. The molecule has 0 spiro atoms. The molecular formula is C10H4Cl3NO2S. The summed E-state index contributed by atoms with van der Waals surface area (Å²) in [6.07, 6.45) is 0.617. The number of hydrogen-bond donors (Lipinski definition) is 0. The Labute approximate surface area is 116 Å². The van der Waals surface area contributed by atoms with Crippen molar-refractivity contribution in [2.45, 2.75) is 0 Å². The van der Waals surface area contributed by atoms with Crippen LogP contribution >= 0.6 is 46.1 Å². The molecule has 2 rings (SSSR count). The van der Waals surface area contributed by atoms with E-state index in [9.17, 15) is 4.79 Å². The van der Waals surface area contributed by atoms with Crippen molar-refractivity contribution in [1.29, 1.82) is 0 Å². The summed E-state index contributed by atoms with van der Waals surface area (Å²) < 4.78 is 5.40. The first-order chi connectivity index (χ1) is 8.10. The Balaban J connectivity index is 2.30. The van der Waals surface area contributed by atoms with Gasteiger partial charge in [-0.1, -0.05) is 46.1 Å². The molecule has 0 saturated carbocycles. The van der Waals surface area contributed by atoms with Crippen LogP contribution in [0.25, 0.3) is 0 Å². The summed E-state index contributed by atoms with van der Waals surface area (Å²) in [5.41, 5.74) is 0. The number of benzene rings is 1. The van der Waals surface area contributed by atoms with Gasteiger partial charge in [-0.15, -0.1) is 0 Å². The maximum absolute atomic E-state index is 10.6. The zero-order valence-corrected chi connectivity index (χ0v) is 11.2. The van der Waals surface area contributed by atoms with Gasteiger partial charge < -0.3 is 4.74 Å². The van der Waals surface area contributed by atoms with Crippen LogP contribution in [-0.4, -0.2) is 11.3 Å². The highest BCUT2D eigenvalue weighted by molar-refractivity contribution is 7.15. The average molecular weight is 309 g/mol. The molecule has 0 aliphatic carbocycles. The minimum absolute atomic E-state index is 0.109. The van der Waals surface area contributed by atoms with Gasteiger partial charge in [0.1, 0.15) is 10.6 Å². The van der Waals surface area contributed by atoms with Crippen LogP contribution in [0, 0.1) is 0 Å². The van der Waals surface area contributed by atoms with Crippen molar-refractivity contribution >= 4 is 52.4 Å². The minimum Gasteiger partial charge on any atom is -0.429 e. The topological polar surface area (TPSA) is 39.2 Å². The van der Waals surface area contributed by atoms with Gasteiger partial charge in [-0.05, 0) is 12.1 Å². The first-order valence-corrected chi connectivity index (χ1v) is 6.29. The van der Waals surface area contributed by atoms with Gasteiger partial charge >= 0.3 is 0 Å². The second kappa shape index (κ2) is 5.23. The van der Waals surface area contributed by atoms with E-state index in [0.717, 1.165) is 11.3 Å². The zero-order valence-electron chi connectivity index (χ0n) is 8.12. The molecule has 7 heteroatoms. The second-order valence-corrected chi connectivity index (χ2v) is 5.12. The fourth-order valence-corrected chi connectivity index (χ4v) is 2.30. The zero-order chi connectivity index (χ0) is 12.4. The minimum atomic E-state index is 0.109. The van der Waals surface area contributed by atoms with Crippen LogP contribution in [0.1, 0.15) is 9.67 Å². The number of carbonyl (C=O) groups is 1. The molecule has 0 amide bonds. The normalized spacial score (nSPS) is 10.3. The van der Waals surface area contributed by atoms with Gasteiger partial charge in [0, 0.05) is 11.1 Å². The van der Waals surface area contributed by atoms with Crippen molar-refractivity contribution in [1.82, 2.24) is 4.98 Å². The predicted octanol–water partition coefficient (Wildman–Crippen LogP) is 4.71. The van der Waals surface area contributed by atoms with Gasteiger partial charge in [0.05, 0.1) is 5.02 Å². The molecule has 88 valence electrons. The van der Waals surface area contributed by atoms with Crippen LogP contribution in [0.2, 0.25) is 15.2 Å². The molecule has 0 bridgehead atoms. The van der Waals surface area contributed by atoms with E-state index in [-0.39, 0.29) is 10.3 Å². The highest BCUT2D eigenvalue weighted by Gasteiger charge is 2.12. The van der Waals surface area contributed by atoms with Gasteiger partial charge in [-0.3, -0.25) is 4.79 Å². The number of halogens is 3. The maximum atomic E-state index is 10.6. The lowest BCUT2D eigenvalue weighted by Crippen LogP contribution is -1.84. The number of nitrogens with zero attached hydrogens (tertiary/aromatic N) is 1. The van der Waals surface area contributed by atoms with Crippen LogP contribution < -0.4 is 4.74 Å². The van der Waals surface area contributed by atoms with E-state index in [4.69, 9.17) is 39.5 Å². The molecule has 0 fully saturated rings. The number of thiazole rings is 1. The number of aldehydes is 1. The third-order valence-electron chi connectivity index (χ3n) is 1.79. The van der Waals surface area contributed by atoms with E-state index in [1.165, 1.54) is 0 Å². The lowest BCUT2D eigenvalue weighted by Gasteiger charge is -2.03. The molecular weight excluding hydrogens is 305 g/mol. The average Bonchev–Trinajstić information content (AvgIpc) is 2.64. The lowest BCUT2D eigenvalue weighted by atomic mass is 10.3. The van der Waals surface area contributed by atoms with Crippen molar-refractivity contribution in [3.63, 3.8) is 0 Å². The lowest BCUT2D eigenvalue weighted by molar-refractivity contribution is 0.112. The number of hydrogen-bond acceptors (Lipinski definition) is 4. The molecule has 1 aromatic carbocycles. The largest absolute Gasteiger partial charge is 0.429 e. The fraction of sp³-hybridized carbons (Fsp3) is 0. The van der Waals surface area contributed by atoms with Gasteiger partial charge in [-0.25, -0.2) is 0 Å². The second-order valence-electron chi connectivity index (χ2n) is 2.93. The number of ether oxygens (including phenoxy) is 1. The van der Waals surface area contributed by atoms with Gasteiger partial charge in [-0.2, -0.15) is 4.98 Å². The van der Waals surface area contributed by atoms with Crippen LogP contribution in [0.3, 0.4) is 0 Å². The molecule has 0 N–H and O–H groups in total. The highest BCUT2D eigenvalue weighted by Crippen LogP contribution is 2.35. The van der Waals surface area contributed by atoms with Crippen LogP contribution in [0.5, 0.6) is 10.9 Å². The Morgan fingerprint density at radius 3 is 2.71 bits per heavy atom. The standard InChI is InChI=1S/C10H4Cl3NO2S/c11-5-1-2-6(12)7(3-5)16-10-14-9(13)8(4-15)17-10/h1-4H. The molecule has 0 aliphatic heterocycles. The highest BCUT2D eigenvalue weighted by atomic mass is 35.5. The summed E-state index contributed by atoms with van der Waals surface area (Å²) in [6.45, 7) is 0. The molecule has 1 aromatic heterocycles. The molecule has 3 nitrogen and oxygen atoms in total. The van der Waals surface area contributed by atoms with E-state index in [1.807, 2.05) is 0 Å². The summed E-state index contributed by atoms with van der Waals surface area (Å²) in [5, 5.41) is 1.23. The van der Waals surface area contributed by atoms with Crippen molar-refractivity contribution in [3.8, 4) is 10.9 Å². The maximum Gasteiger partial charge on any atom is 0.280 e. The fourth-order valence-electron chi connectivity index (χ4n) is 1.06. The molecule has 2 aromatic rings. The Morgan fingerprint density at radius 2 is 2.06 bits per heavy atom. The van der Waals surface area contributed by atoms with Gasteiger partial charge in [0.15, 0.2) is 11.4 Å². The summed E-state index contributed by atoms with van der Waals surface area (Å²) in [7, 11) is 0. The molecule has 0 atom stereocenters. The molecule has 0 radical (unpaired) electrons. The Morgan fingerprint density at radius 1 is 1.29 bits per heavy atom. The van der Waals surface area contributed by atoms with Gasteiger partial charge in [0.2, 0.25) is 0 Å². The van der Waals surface area contributed by atoms with Gasteiger partial charge in [0.25, 0.3) is 5.19 Å². The quantitative estimate of drug-likeness (QED) is 0.771. The molecule has 0 saturated heterocycles. The van der Waals surface area contributed by atoms with E-state index >= 15 is 0 Å². The van der Waals surface area contributed by atoms with Crippen LogP contribution in [-0.2, 0) is 0 Å². The van der Waals surface area contributed by atoms with Crippen molar-refractivity contribution < 1.29 is 9.53 Å².